The number of ether oxygens (including phenoxy) is 1. The molecule has 2 unspecified atom stereocenters. The van der Waals surface area contributed by atoms with Crippen molar-refractivity contribution in [3.63, 3.8) is 0 Å². The molecule has 0 spiro atoms. The number of piperidine rings is 1. The Kier molecular flexibility index (Phi) is 6.76. The Morgan fingerprint density at radius 1 is 1.15 bits per heavy atom. The Hall–Kier alpha value is -2.62. The SMILES string of the molecule is CC1CN(CC2CCN(C(=O)c3nc(-c4cccs4)n(-c4cccc(F)c4)n3)CC2)CC(C)O1. The van der Waals surface area contributed by atoms with Crippen LogP contribution in [0.3, 0.4) is 0 Å². The van der Waals surface area contributed by atoms with Crippen LogP contribution in [0.4, 0.5) is 4.39 Å². The minimum atomic E-state index is -0.357. The number of carbonyl (C=O) groups excluding carboxylic acids is 1. The van der Waals surface area contributed by atoms with Gasteiger partial charge in [-0.2, -0.15) is 0 Å². The monoisotopic (exact) mass is 483 g/mol. The van der Waals surface area contributed by atoms with Crippen LogP contribution in [-0.4, -0.2) is 75.4 Å². The van der Waals surface area contributed by atoms with E-state index in [-0.39, 0.29) is 29.8 Å². The summed E-state index contributed by atoms with van der Waals surface area (Å²) in [6.07, 6.45) is 2.46. The Bertz CT molecular complexity index is 1120. The van der Waals surface area contributed by atoms with Gasteiger partial charge in [0.25, 0.3) is 5.91 Å². The van der Waals surface area contributed by atoms with Crippen LogP contribution >= 0.6 is 11.3 Å². The first kappa shape index (κ1) is 23.1. The van der Waals surface area contributed by atoms with Crippen LogP contribution in [0.5, 0.6) is 0 Å². The van der Waals surface area contributed by atoms with Crippen molar-refractivity contribution >= 4 is 17.2 Å². The molecule has 4 heterocycles. The molecule has 2 aliphatic heterocycles. The highest BCUT2D eigenvalue weighted by molar-refractivity contribution is 7.13. The number of nitrogens with zero attached hydrogens (tertiary/aromatic N) is 5. The smallest absolute Gasteiger partial charge is 0.293 e. The van der Waals surface area contributed by atoms with Crippen LogP contribution in [0, 0.1) is 11.7 Å². The van der Waals surface area contributed by atoms with E-state index in [1.807, 2.05) is 22.4 Å². The molecule has 0 N–H and O–H groups in total. The number of benzene rings is 1. The molecule has 1 amide bonds. The Labute approximate surface area is 203 Å². The highest BCUT2D eigenvalue weighted by atomic mass is 32.1. The van der Waals surface area contributed by atoms with E-state index < -0.39 is 0 Å². The number of amides is 1. The molecule has 2 fully saturated rings. The number of likely N-dealkylation sites (tertiary alicyclic amines) is 1. The highest BCUT2D eigenvalue weighted by Crippen LogP contribution is 2.27. The summed E-state index contributed by atoms with van der Waals surface area (Å²) in [7, 11) is 0. The van der Waals surface area contributed by atoms with Gasteiger partial charge in [-0.05, 0) is 62.3 Å². The van der Waals surface area contributed by atoms with Crippen LogP contribution < -0.4 is 0 Å². The summed E-state index contributed by atoms with van der Waals surface area (Å²) in [5.41, 5.74) is 0.544. The molecule has 2 aliphatic rings. The fraction of sp³-hybridized carbons (Fsp3) is 0.480. The van der Waals surface area contributed by atoms with Crippen molar-refractivity contribution in [3.05, 3.63) is 53.4 Å². The lowest BCUT2D eigenvalue weighted by molar-refractivity contribution is -0.0729. The Morgan fingerprint density at radius 3 is 2.59 bits per heavy atom. The maximum Gasteiger partial charge on any atom is 0.293 e. The van der Waals surface area contributed by atoms with E-state index in [0.29, 0.717) is 30.5 Å². The molecule has 0 aliphatic carbocycles. The number of hydrogen-bond acceptors (Lipinski definition) is 6. The average molecular weight is 484 g/mol. The van der Waals surface area contributed by atoms with Crippen molar-refractivity contribution in [1.82, 2.24) is 24.6 Å². The van der Waals surface area contributed by atoms with Gasteiger partial charge in [-0.25, -0.2) is 14.1 Å². The molecule has 34 heavy (non-hydrogen) atoms. The van der Waals surface area contributed by atoms with Crippen molar-refractivity contribution in [2.45, 2.75) is 38.9 Å². The third-order valence-corrected chi connectivity index (χ3v) is 7.37. The van der Waals surface area contributed by atoms with E-state index in [1.165, 1.54) is 23.5 Å². The van der Waals surface area contributed by atoms with Gasteiger partial charge < -0.3 is 9.64 Å². The molecular weight excluding hydrogens is 453 g/mol. The van der Waals surface area contributed by atoms with E-state index in [1.54, 1.807) is 16.8 Å². The highest BCUT2D eigenvalue weighted by Gasteiger charge is 2.30. The van der Waals surface area contributed by atoms with Gasteiger partial charge >= 0.3 is 0 Å². The second kappa shape index (κ2) is 9.93. The van der Waals surface area contributed by atoms with E-state index in [0.717, 1.165) is 37.4 Å². The van der Waals surface area contributed by atoms with Crippen molar-refractivity contribution in [2.24, 2.45) is 5.92 Å². The molecule has 1 aromatic carbocycles. The van der Waals surface area contributed by atoms with Gasteiger partial charge in [0.05, 0.1) is 22.8 Å². The second-order valence-corrected chi connectivity index (χ2v) is 10.3. The van der Waals surface area contributed by atoms with Gasteiger partial charge in [-0.3, -0.25) is 9.69 Å². The lowest BCUT2D eigenvalue weighted by atomic mass is 9.95. The first-order valence-corrected chi connectivity index (χ1v) is 12.8. The van der Waals surface area contributed by atoms with E-state index in [4.69, 9.17) is 4.74 Å². The molecule has 9 heteroatoms. The third-order valence-electron chi connectivity index (χ3n) is 6.51. The molecule has 2 atom stereocenters. The number of carbonyl (C=O) groups is 1. The van der Waals surface area contributed by atoms with Crippen molar-refractivity contribution in [3.8, 4) is 16.4 Å². The topological polar surface area (TPSA) is 63.5 Å². The van der Waals surface area contributed by atoms with E-state index >= 15 is 0 Å². The summed E-state index contributed by atoms with van der Waals surface area (Å²) < 4.78 is 21.3. The Balaban J connectivity index is 1.28. The number of aromatic nitrogens is 3. The van der Waals surface area contributed by atoms with Crippen LogP contribution in [0.1, 0.15) is 37.3 Å². The van der Waals surface area contributed by atoms with Crippen molar-refractivity contribution in [2.75, 3.05) is 32.7 Å². The quantitative estimate of drug-likeness (QED) is 0.547. The molecule has 180 valence electrons. The van der Waals surface area contributed by atoms with Gasteiger partial charge in [0.2, 0.25) is 5.82 Å². The molecule has 7 nitrogen and oxygen atoms in total. The number of halogens is 1. The zero-order valence-electron chi connectivity index (χ0n) is 19.6. The zero-order chi connectivity index (χ0) is 23.7. The first-order chi connectivity index (χ1) is 16.5. The zero-order valence-corrected chi connectivity index (χ0v) is 20.4. The summed E-state index contributed by atoms with van der Waals surface area (Å²) in [6, 6.07) is 10.0. The average Bonchev–Trinajstić information content (AvgIpc) is 3.49. The minimum absolute atomic E-state index is 0.155. The molecule has 0 saturated carbocycles. The van der Waals surface area contributed by atoms with Crippen LogP contribution in [0.2, 0.25) is 0 Å². The third kappa shape index (κ3) is 5.06. The molecular formula is C25H30FN5O2S. The van der Waals surface area contributed by atoms with Crippen molar-refractivity contribution in [1.29, 1.82) is 0 Å². The molecule has 2 aromatic heterocycles. The molecule has 0 radical (unpaired) electrons. The van der Waals surface area contributed by atoms with Gasteiger partial charge in [0.1, 0.15) is 5.82 Å². The van der Waals surface area contributed by atoms with Crippen LogP contribution in [0.15, 0.2) is 41.8 Å². The standard InChI is InChI=1S/C25H30FN5O2S/c1-17-14-29(15-18(2)33-17)16-19-8-10-30(11-9-19)25(32)23-27-24(22-7-4-12-34-22)31(28-23)21-6-3-5-20(26)13-21/h3-7,12-13,17-19H,8-11,14-16H2,1-2H3. The summed E-state index contributed by atoms with van der Waals surface area (Å²) in [5.74, 6) is 0.751. The number of hydrogen-bond donors (Lipinski definition) is 0. The van der Waals surface area contributed by atoms with Gasteiger partial charge in [-0.1, -0.05) is 12.1 Å². The van der Waals surface area contributed by atoms with Crippen molar-refractivity contribution < 1.29 is 13.9 Å². The predicted octanol–water partition coefficient (Wildman–Crippen LogP) is 4.10. The molecule has 2 saturated heterocycles. The van der Waals surface area contributed by atoms with E-state index in [2.05, 4.69) is 28.8 Å². The fourth-order valence-corrected chi connectivity index (χ4v) is 5.71. The largest absolute Gasteiger partial charge is 0.373 e. The molecule has 3 aromatic rings. The van der Waals surface area contributed by atoms with Crippen LogP contribution in [0.25, 0.3) is 16.4 Å². The maximum atomic E-state index is 13.9. The normalized spacial score (nSPS) is 22.3. The molecule has 5 rings (SSSR count). The minimum Gasteiger partial charge on any atom is -0.373 e. The second-order valence-electron chi connectivity index (χ2n) is 9.34. The first-order valence-electron chi connectivity index (χ1n) is 11.9. The lowest BCUT2D eigenvalue weighted by Crippen LogP contribution is -2.48. The lowest BCUT2D eigenvalue weighted by Gasteiger charge is -2.39. The molecule has 0 bridgehead atoms. The number of rotatable bonds is 5. The number of morpholine rings is 1. The summed E-state index contributed by atoms with van der Waals surface area (Å²) >= 11 is 1.51. The van der Waals surface area contributed by atoms with Crippen LogP contribution in [-0.2, 0) is 4.74 Å². The van der Waals surface area contributed by atoms with E-state index in [9.17, 15) is 9.18 Å². The Morgan fingerprint density at radius 2 is 1.91 bits per heavy atom. The summed E-state index contributed by atoms with van der Waals surface area (Å²) in [6.45, 7) is 8.64. The number of thiophene rings is 1. The van der Waals surface area contributed by atoms with Gasteiger partial charge in [-0.15, -0.1) is 16.4 Å². The van der Waals surface area contributed by atoms with Gasteiger partial charge in [0, 0.05) is 32.7 Å². The summed E-state index contributed by atoms with van der Waals surface area (Å²) in [5, 5.41) is 6.46. The maximum absolute atomic E-state index is 13.9. The fourth-order valence-electron chi connectivity index (χ4n) is 5.01. The summed E-state index contributed by atoms with van der Waals surface area (Å²) in [4.78, 5) is 23.1. The van der Waals surface area contributed by atoms with Gasteiger partial charge in [0.15, 0.2) is 5.82 Å². The predicted molar refractivity (Wildman–Crippen MR) is 130 cm³/mol.